The highest BCUT2D eigenvalue weighted by Crippen LogP contribution is 2.30. The number of aryl methyl sites for hydroxylation is 1. The topological polar surface area (TPSA) is 118 Å². The Morgan fingerprint density at radius 3 is 2.42 bits per heavy atom. The van der Waals surface area contributed by atoms with E-state index in [0.717, 1.165) is 4.47 Å². The fourth-order valence-corrected chi connectivity index (χ4v) is 4.89. The number of aliphatic imine (C=N–C) groups is 1. The molecule has 0 radical (unpaired) electrons. The van der Waals surface area contributed by atoms with Crippen molar-refractivity contribution >= 4 is 68.2 Å². The molecule has 1 unspecified atom stereocenters. The molecule has 0 bridgehead atoms. The van der Waals surface area contributed by atoms with E-state index in [1.165, 1.54) is 9.58 Å². The second-order valence-electron chi connectivity index (χ2n) is 8.93. The van der Waals surface area contributed by atoms with Gasteiger partial charge in [-0.05, 0) is 64.8 Å². The summed E-state index contributed by atoms with van der Waals surface area (Å²) < 4.78 is 7.65. The number of para-hydroxylation sites is 1. The summed E-state index contributed by atoms with van der Waals surface area (Å²) >= 11 is 9.13. The van der Waals surface area contributed by atoms with Gasteiger partial charge < -0.3 is 15.3 Å². The Hall–Kier alpha value is -4.42. The second-order valence-corrected chi connectivity index (χ2v) is 10.2. The van der Waals surface area contributed by atoms with E-state index in [4.69, 9.17) is 16.7 Å². The molecule has 12 heteroatoms. The Morgan fingerprint density at radius 1 is 1.10 bits per heavy atom. The predicted molar refractivity (Wildman–Crippen MR) is 154 cm³/mol. The summed E-state index contributed by atoms with van der Waals surface area (Å²) in [5.41, 5.74) is 1.97. The van der Waals surface area contributed by atoms with Crippen molar-refractivity contribution in [2.75, 3.05) is 10.2 Å². The fourth-order valence-electron chi connectivity index (χ4n) is 4.24. The molecule has 10 nitrogen and oxygen atoms in total. The third-order valence-electron chi connectivity index (χ3n) is 6.27. The minimum absolute atomic E-state index is 0.0113. The van der Waals surface area contributed by atoms with Gasteiger partial charge in [-0.25, -0.2) is 4.99 Å². The zero-order chi connectivity index (χ0) is 28.2. The van der Waals surface area contributed by atoms with Gasteiger partial charge in [0.05, 0.1) is 12.1 Å². The van der Waals surface area contributed by atoms with Crippen molar-refractivity contribution in [2.24, 2.45) is 12.0 Å². The molecule has 1 N–H and O–H groups in total. The lowest BCUT2D eigenvalue weighted by atomic mass is 10.1. The van der Waals surface area contributed by atoms with E-state index >= 15 is 0 Å². The highest BCUT2D eigenvalue weighted by Gasteiger charge is 2.46. The number of rotatable bonds is 8. The largest absolute Gasteiger partial charge is 0.858 e. The van der Waals surface area contributed by atoms with E-state index in [1.807, 2.05) is 18.2 Å². The minimum Gasteiger partial charge on any atom is -0.858 e. The summed E-state index contributed by atoms with van der Waals surface area (Å²) in [4.78, 5) is 33.9. The van der Waals surface area contributed by atoms with Crippen LogP contribution in [0.4, 0.5) is 17.3 Å². The number of benzene rings is 3. The van der Waals surface area contributed by atoms with E-state index in [9.17, 15) is 14.7 Å². The van der Waals surface area contributed by atoms with Gasteiger partial charge >= 0.3 is 5.88 Å². The molecule has 202 valence electrons. The smallest absolute Gasteiger partial charge is 0.325 e. The zero-order valence-corrected chi connectivity index (χ0v) is 23.6. The zero-order valence-electron chi connectivity index (χ0n) is 21.2. The summed E-state index contributed by atoms with van der Waals surface area (Å²) in [6, 6.07) is 23.7. The number of anilines is 2. The van der Waals surface area contributed by atoms with E-state index in [1.54, 1.807) is 78.7 Å². The molecule has 1 fully saturated rings. The van der Waals surface area contributed by atoms with E-state index < -0.39 is 11.9 Å². The number of nitrogens with one attached hydrogen (secondary N) is 1. The van der Waals surface area contributed by atoms with Gasteiger partial charge in [-0.2, -0.15) is 0 Å². The van der Waals surface area contributed by atoms with E-state index in [-0.39, 0.29) is 35.8 Å². The Morgan fingerprint density at radius 2 is 1.75 bits per heavy atom. The number of thiocarbonyl (C=S) groups is 1. The lowest BCUT2D eigenvalue weighted by Crippen LogP contribution is -2.42. The lowest BCUT2D eigenvalue weighted by molar-refractivity contribution is -0.746. The Kier molecular flexibility index (Phi) is 7.99. The number of amides is 2. The summed E-state index contributed by atoms with van der Waals surface area (Å²) in [5, 5.41) is 19.7. The number of hydrogen-bond acceptors (Lipinski definition) is 7. The van der Waals surface area contributed by atoms with Crippen molar-refractivity contribution < 1.29 is 23.9 Å². The van der Waals surface area contributed by atoms with Gasteiger partial charge in [-0.1, -0.05) is 64.5 Å². The van der Waals surface area contributed by atoms with Crippen LogP contribution in [0, 0.1) is 0 Å². The monoisotopic (exact) mass is 618 g/mol. The quantitative estimate of drug-likeness (QED) is 0.139. The van der Waals surface area contributed by atoms with Gasteiger partial charge in [-0.3, -0.25) is 19.0 Å². The number of nitrogens with zero attached hydrogens (tertiary/aromatic N) is 5. The molecular weight excluding hydrogens is 596 g/mol. The first-order valence-electron chi connectivity index (χ1n) is 12.2. The first-order chi connectivity index (χ1) is 19.3. The maximum absolute atomic E-state index is 13.7. The lowest BCUT2D eigenvalue weighted by Gasteiger charge is -2.22. The molecule has 0 spiro atoms. The highest BCUT2D eigenvalue weighted by molar-refractivity contribution is 9.10. The van der Waals surface area contributed by atoms with Crippen LogP contribution >= 0.6 is 28.1 Å². The average Bonchev–Trinajstić information content (AvgIpc) is 3.41. The third-order valence-corrected chi connectivity index (χ3v) is 7.22. The first-order valence-corrected chi connectivity index (χ1v) is 13.4. The molecule has 3 aromatic carbocycles. The second kappa shape index (κ2) is 11.8. The van der Waals surface area contributed by atoms with Crippen LogP contribution in [0.5, 0.6) is 0 Å². The molecule has 4 aromatic rings. The average molecular weight is 620 g/mol. The standard InChI is InChI=1S/C28H23BrN6O4S/c1-33-23(26(39-32-33)31-25(37)18-8-4-2-5-9-18)17-34-22(16-24(36)30-20-14-12-19(29)13-15-20)27(38)35(28(34)40)21-10-6-3-7-11-21/h2-15,22H,16-17H2,1H3,(H-,30,31,32,36,37). The summed E-state index contributed by atoms with van der Waals surface area (Å²) in [6.45, 7) is 0.0189. The van der Waals surface area contributed by atoms with Crippen molar-refractivity contribution in [3.8, 4) is 0 Å². The summed E-state index contributed by atoms with van der Waals surface area (Å²) in [7, 11) is 1.63. The van der Waals surface area contributed by atoms with Crippen molar-refractivity contribution in [3.63, 3.8) is 0 Å². The highest BCUT2D eigenvalue weighted by atomic mass is 79.9. The molecule has 0 aliphatic carbocycles. The molecule has 2 heterocycles. The summed E-state index contributed by atoms with van der Waals surface area (Å²) in [6.07, 6.45) is -0.164. The van der Waals surface area contributed by atoms with Crippen LogP contribution in [0.15, 0.2) is 98.9 Å². The molecule has 1 aliphatic heterocycles. The first kappa shape index (κ1) is 27.2. The van der Waals surface area contributed by atoms with Gasteiger partial charge in [0.1, 0.15) is 12.6 Å². The van der Waals surface area contributed by atoms with Crippen LogP contribution in [0.3, 0.4) is 0 Å². The maximum Gasteiger partial charge on any atom is 0.325 e. The van der Waals surface area contributed by atoms with Crippen LogP contribution in [-0.4, -0.2) is 39.0 Å². The molecule has 0 saturated carbocycles. The van der Waals surface area contributed by atoms with Gasteiger partial charge in [-0.15, -0.1) is 0 Å². The van der Waals surface area contributed by atoms with Crippen molar-refractivity contribution in [1.29, 1.82) is 0 Å². The summed E-state index contributed by atoms with van der Waals surface area (Å²) in [5.74, 6) is -1.22. The number of aromatic nitrogens is 2. The maximum atomic E-state index is 13.7. The van der Waals surface area contributed by atoms with Crippen molar-refractivity contribution in [3.05, 3.63) is 101 Å². The molecule has 40 heavy (non-hydrogen) atoms. The molecule has 5 rings (SSSR count). The molecule has 1 aromatic heterocycles. The Labute approximate surface area is 243 Å². The Balaban J connectivity index is 1.45. The van der Waals surface area contributed by atoms with Gasteiger partial charge in [0.25, 0.3) is 11.6 Å². The minimum atomic E-state index is -0.921. The Bertz CT molecular complexity index is 1580. The third kappa shape index (κ3) is 5.77. The van der Waals surface area contributed by atoms with Gasteiger partial charge in [0.15, 0.2) is 12.2 Å². The van der Waals surface area contributed by atoms with Crippen LogP contribution in [0.1, 0.15) is 17.7 Å². The van der Waals surface area contributed by atoms with E-state index in [2.05, 4.69) is 31.5 Å². The number of halogens is 1. The molecule has 1 saturated heterocycles. The molecule has 1 atom stereocenters. The van der Waals surface area contributed by atoms with Gasteiger partial charge in [0.2, 0.25) is 11.2 Å². The fraction of sp³-hybridized carbons (Fsp3) is 0.143. The van der Waals surface area contributed by atoms with Crippen LogP contribution in [-0.2, 0) is 23.2 Å². The normalized spacial score (nSPS) is 15.6. The molecular formula is C28H23BrN6O4S. The SMILES string of the molecule is C[n+]1noc(/N=C(\[O-])c2ccccc2)c1CN1C(=S)N(c2ccccc2)C(=O)C1CC(=O)Nc1ccc(Br)cc1. The van der Waals surface area contributed by atoms with Crippen molar-refractivity contribution in [1.82, 2.24) is 10.2 Å². The van der Waals surface area contributed by atoms with Gasteiger partial charge in [0, 0.05) is 10.2 Å². The van der Waals surface area contributed by atoms with Crippen LogP contribution in [0.25, 0.3) is 0 Å². The van der Waals surface area contributed by atoms with E-state index in [0.29, 0.717) is 22.6 Å². The van der Waals surface area contributed by atoms with Crippen LogP contribution < -0.4 is 20.0 Å². The van der Waals surface area contributed by atoms with Crippen molar-refractivity contribution in [2.45, 2.75) is 19.0 Å². The molecule has 1 aliphatic rings. The predicted octanol–water partition coefficient (Wildman–Crippen LogP) is 3.23. The number of hydrogen-bond donors (Lipinski definition) is 1. The van der Waals surface area contributed by atoms with Crippen LogP contribution in [0.2, 0.25) is 0 Å². The molecule has 2 amide bonds. The number of carbonyl (C=O) groups is 2. The number of carbonyl (C=O) groups excluding carboxylic acids is 2.